The lowest BCUT2D eigenvalue weighted by atomic mass is 9.96. The maximum Gasteiger partial charge on any atom is 0.254 e. The first-order valence-electron chi connectivity index (χ1n) is 10.4. The maximum atomic E-state index is 12.7. The van der Waals surface area contributed by atoms with Crippen LogP contribution in [0.15, 0.2) is 41.4 Å². The van der Waals surface area contributed by atoms with Crippen LogP contribution in [-0.4, -0.2) is 61.0 Å². The van der Waals surface area contributed by atoms with Crippen LogP contribution < -0.4 is 5.32 Å². The monoisotopic (exact) mass is 444 g/mol. The molecule has 0 bridgehead atoms. The fraction of sp³-hybridized carbons (Fsp3) is 0.455. The highest BCUT2D eigenvalue weighted by atomic mass is 32.2. The topological polar surface area (TPSA) is 109 Å². The predicted octanol–water partition coefficient (Wildman–Crippen LogP) is 2.10. The zero-order valence-corrected chi connectivity index (χ0v) is 18.7. The van der Waals surface area contributed by atoms with E-state index in [4.69, 9.17) is 0 Å². The molecule has 2 aromatic rings. The van der Waals surface area contributed by atoms with Gasteiger partial charge in [-0.05, 0) is 38.3 Å². The molecule has 3 rings (SSSR count). The SMILES string of the molecule is CNC(=O)c1cnc([C@H]2CCCN(C(=O)CCCS(=O)(=O)c3ccccc3)C2)nc1C. The van der Waals surface area contributed by atoms with Crippen molar-refractivity contribution in [2.45, 2.75) is 43.4 Å². The highest BCUT2D eigenvalue weighted by Gasteiger charge is 2.27. The molecule has 1 aromatic carbocycles. The Balaban J connectivity index is 1.57. The average Bonchev–Trinajstić information content (AvgIpc) is 2.79. The summed E-state index contributed by atoms with van der Waals surface area (Å²) in [6.45, 7) is 2.92. The van der Waals surface area contributed by atoms with Crippen molar-refractivity contribution in [1.29, 1.82) is 0 Å². The number of aromatic nitrogens is 2. The maximum absolute atomic E-state index is 12.7. The third kappa shape index (κ3) is 5.66. The van der Waals surface area contributed by atoms with Crippen molar-refractivity contribution in [1.82, 2.24) is 20.2 Å². The Hall–Kier alpha value is -2.81. The van der Waals surface area contributed by atoms with Crippen LogP contribution in [0, 0.1) is 6.92 Å². The highest BCUT2D eigenvalue weighted by Crippen LogP contribution is 2.25. The quantitative estimate of drug-likeness (QED) is 0.700. The molecule has 0 aliphatic carbocycles. The van der Waals surface area contributed by atoms with E-state index in [1.54, 1.807) is 49.2 Å². The van der Waals surface area contributed by atoms with Gasteiger partial charge in [-0.3, -0.25) is 9.59 Å². The number of likely N-dealkylation sites (tertiary alicyclic amines) is 1. The van der Waals surface area contributed by atoms with Gasteiger partial charge in [0.1, 0.15) is 5.82 Å². The summed E-state index contributed by atoms with van der Waals surface area (Å²) in [5, 5.41) is 2.57. The molecule has 0 radical (unpaired) electrons. The molecule has 1 aromatic heterocycles. The number of benzene rings is 1. The number of hydrogen-bond acceptors (Lipinski definition) is 6. The Kier molecular flexibility index (Phi) is 7.37. The van der Waals surface area contributed by atoms with E-state index in [0.717, 1.165) is 12.8 Å². The second kappa shape index (κ2) is 10.00. The van der Waals surface area contributed by atoms with Gasteiger partial charge in [0.2, 0.25) is 5.91 Å². The minimum atomic E-state index is -3.38. The molecule has 2 amide bonds. The number of sulfone groups is 1. The fourth-order valence-electron chi connectivity index (χ4n) is 3.77. The van der Waals surface area contributed by atoms with Gasteiger partial charge in [0, 0.05) is 38.7 Å². The molecule has 0 saturated carbocycles. The van der Waals surface area contributed by atoms with Gasteiger partial charge in [-0.2, -0.15) is 0 Å². The zero-order chi connectivity index (χ0) is 22.4. The van der Waals surface area contributed by atoms with E-state index in [1.165, 1.54) is 6.20 Å². The van der Waals surface area contributed by atoms with Gasteiger partial charge in [-0.25, -0.2) is 18.4 Å². The Morgan fingerprint density at radius 1 is 1.23 bits per heavy atom. The Morgan fingerprint density at radius 3 is 2.65 bits per heavy atom. The van der Waals surface area contributed by atoms with Crippen LogP contribution in [0.3, 0.4) is 0 Å². The van der Waals surface area contributed by atoms with E-state index in [-0.39, 0.29) is 41.2 Å². The molecule has 1 saturated heterocycles. The number of amides is 2. The number of piperidine rings is 1. The molecule has 8 nitrogen and oxygen atoms in total. The van der Waals surface area contributed by atoms with E-state index in [9.17, 15) is 18.0 Å². The minimum absolute atomic E-state index is 0.00295. The molecule has 166 valence electrons. The summed E-state index contributed by atoms with van der Waals surface area (Å²) < 4.78 is 24.8. The van der Waals surface area contributed by atoms with Crippen LogP contribution in [0.25, 0.3) is 0 Å². The normalized spacial score (nSPS) is 16.7. The van der Waals surface area contributed by atoms with Gasteiger partial charge >= 0.3 is 0 Å². The third-order valence-electron chi connectivity index (χ3n) is 5.51. The first-order valence-corrected chi connectivity index (χ1v) is 12.1. The van der Waals surface area contributed by atoms with E-state index in [1.807, 2.05) is 0 Å². The van der Waals surface area contributed by atoms with Crippen LogP contribution in [-0.2, 0) is 14.6 Å². The van der Waals surface area contributed by atoms with Crippen molar-refractivity contribution >= 4 is 21.7 Å². The lowest BCUT2D eigenvalue weighted by Crippen LogP contribution is -2.39. The van der Waals surface area contributed by atoms with Crippen molar-refractivity contribution < 1.29 is 18.0 Å². The summed E-state index contributed by atoms with van der Waals surface area (Å²) in [5.41, 5.74) is 1.05. The number of nitrogens with one attached hydrogen (secondary N) is 1. The summed E-state index contributed by atoms with van der Waals surface area (Å²) in [6.07, 6.45) is 3.71. The number of aryl methyl sites for hydroxylation is 1. The molecule has 2 heterocycles. The molecule has 0 spiro atoms. The third-order valence-corrected chi connectivity index (χ3v) is 7.33. The molecule has 1 N–H and O–H groups in total. The highest BCUT2D eigenvalue weighted by molar-refractivity contribution is 7.91. The van der Waals surface area contributed by atoms with Gasteiger partial charge in [0.25, 0.3) is 5.91 Å². The summed E-state index contributed by atoms with van der Waals surface area (Å²) in [6, 6.07) is 8.30. The van der Waals surface area contributed by atoms with Crippen molar-refractivity contribution in [3.05, 3.63) is 53.6 Å². The van der Waals surface area contributed by atoms with Crippen LogP contribution >= 0.6 is 0 Å². The Bertz CT molecular complexity index is 1040. The average molecular weight is 445 g/mol. The Morgan fingerprint density at radius 2 is 1.97 bits per heavy atom. The van der Waals surface area contributed by atoms with Gasteiger partial charge in [0.05, 0.1) is 21.9 Å². The second-order valence-electron chi connectivity index (χ2n) is 7.72. The van der Waals surface area contributed by atoms with Crippen molar-refractivity contribution in [2.24, 2.45) is 0 Å². The van der Waals surface area contributed by atoms with E-state index < -0.39 is 9.84 Å². The number of nitrogens with zero attached hydrogens (tertiary/aromatic N) is 3. The largest absolute Gasteiger partial charge is 0.355 e. The first-order chi connectivity index (χ1) is 14.8. The van der Waals surface area contributed by atoms with Crippen molar-refractivity contribution in [2.75, 3.05) is 25.9 Å². The summed E-state index contributed by atoms with van der Waals surface area (Å²) in [4.78, 5) is 35.4. The second-order valence-corrected chi connectivity index (χ2v) is 9.83. The standard InChI is InChI=1S/C22H28N4O4S/c1-16-19(22(28)23-2)14-24-21(25-16)17-8-6-12-26(15-17)20(27)11-7-13-31(29,30)18-9-4-3-5-10-18/h3-5,9-10,14,17H,6-8,11-13,15H2,1-2H3,(H,23,28)/t17-/m0/s1. The van der Waals surface area contributed by atoms with Crippen molar-refractivity contribution in [3.63, 3.8) is 0 Å². The number of carbonyl (C=O) groups is 2. The van der Waals surface area contributed by atoms with E-state index in [2.05, 4.69) is 15.3 Å². The molecular formula is C22H28N4O4S. The summed E-state index contributed by atoms with van der Waals surface area (Å²) >= 11 is 0. The lowest BCUT2D eigenvalue weighted by Gasteiger charge is -2.32. The van der Waals surface area contributed by atoms with E-state index >= 15 is 0 Å². The van der Waals surface area contributed by atoms with Gasteiger partial charge in [0.15, 0.2) is 9.84 Å². The molecule has 1 aliphatic heterocycles. The van der Waals surface area contributed by atoms with Crippen LogP contribution in [0.5, 0.6) is 0 Å². The summed E-state index contributed by atoms with van der Waals surface area (Å²) in [5.74, 6) is 0.308. The molecule has 1 atom stereocenters. The molecule has 0 unspecified atom stereocenters. The molecule has 9 heteroatoms. The summed E-state index contributed by atoms with van der Waals surface area (Å²) in [7, 11) is -1.82. The smallest absolute Gasteiger partial charge is 0.254 e. The number of rotatable bonds is 7. The minimum Gasteiger partial charge on any atom is -0.355 e. The van der Waals surface area contributed by atoms with Crippen LogP contribution in [0.2, 0.25) is 0 Å². The van der Waals surface area contributed by atoms with Crippen LogP contribution in [0.1, 0.15) is 53.5 Å². The van der Waals surface area contributed by atoms with Crippen LogP contribution in [0.4, 0.5) is 0 Å². The van der Waals surface area contributed by atoms with Gasteiger partial charge in [-0.15, -0.1) is 0 Å². The molecular weight excluding hydrogens is 416 g/mol. The molecule has 31 heavy (non-hydrogen) atoms. The fourth-order valence-corrected chi connectivity index (χ4v) is 5.10. The Labute approximate surface area is 183 Å². The van der Waals surface area contributed by atoms with Crippen molar-refractivity contribution in [3.8, 4) is 0 Å². The van der Waals surface area contributed by atoms with E-state index in [0.29, 0.717) is 30.2 Å². The van der Waals surface area contributed by atoms with Gasteiger partial charge in [-0.1, -0.05) is 18.2 Å². The lowest BCUT2D eigenvalue weighted by molar-refractivity contribution is -0.132. The number of hydrogen-bond donors (Lipinski definition) is 1. The number of carbonyl (C=O) groups excluding carboxylic acids is 2. The predicted molar refractivity (Wildman–Crippen MR) is 116 cm³/mol. The zero-order valence-electron chi connectivity index (χ0n) is 17.9. The molecule has 1 aliphatic rings. The first kappa shape index (κ1) is 22.9. The van der Waals surface area contributed by atoms with Gasteiger partial charge < -0.3 is 10.2 Å². The molecule has 1 fully saturated rings.